The maximum atomic E-state index is 13.0. The number of methoxy groups -OCH3 is 1. The first-order chi connectivity index (χ1) is 13.5. The van der Waals surface area contributed by atoms with E-state index in [1.165, 1.54) is 11.3 Å². The zero-order valence-electron chi connectivity index (χ0n) is 15.2. The number of nitriles is 1. The molecule has 2 N–H and O–H groups in total. The van der Waals surface area contributed by atoms with Gasteiger partial charge >= 0.3 is 0 Å². The largest absolute Gasteiger partial charge is 0.497 e. The first-order valence-corrected chi connectivity index (χ1v) is 10.5. The molecule has 1 aromatic heterocycles. The zero-order valence-corrected chi connectivity index (χ0v) is 17.6. The fraction of sp³-hybridized carbons (Fsp3) is 0.238. The minimum absolute atomic E-state index is 0.0922. The maximum Gasteiger partial charge on any atom is 0.161 e. The van der Waals surface area contributed by atoms with Gasteiger partial charge in [-0.05, 0) is 65.2 Å². The number of anilines is 1. The third kappa shape index (κ3) is 3.03. The number of thiophene rings is 1. The van der Waals surface area contributed by atoms with Gasteiger partial charge in [0, 0.05) is 28.3 Å². The highest BCUT2D eigenvalue weighted by molar-refractivity contribution is 9.11. The lowest BCUT2D eigenvalue weighted by Gasteiger charge is -2.39. The standard InChI is InChI=1S/C21H18BrN3O2S/c1-27-13-7-5-12(6-8-13)25-15-3-2-4-16(26)20(15)19(14(11-23)21(25)24)17-9-10-18(22)28-17/h5-10,19H,2-4,24H2,1H3. The van der Waals surface area contributed by atoms with Gasteiger partial charge in [0.1, 0.15) is 11.6 Å². The van der Waals surface area contributed by atoms with Crippen molar-refractivity contribution in [2.45, 2.75) is 25.2 Å². The molecule has 28 heavy (non-hydrogen) atoms. The lowest BCUT2D eigenvalue weighted by Crippen LogP contribution is -2.38. The number of ether oxygens (including phenoxy) is 1. The van der Waals surface area contributed by atoms with Crippen molar-refractivity contribution in [3.05, 3.63) is 67.7 Å². The van der Waals surface area contributed by atoms with E-state index in [0.717, 1.165) is 38.6 Å². The number of Topliss-reactive ketones (excluding diaryl/α,β-unsaturated/α-hetero) is 1. The number of nitrogens with two attached hydrogens (primary N) is 1. The van der Waals surface area contributed by atoms with Crippen molar-refractivity contribution in [2.75, 3.05) is 12.0 Å². The van der Waals surface area contributed by atoms with Gasteiger partial charge in [0.25, 0.3) is 0 Å². The van der Waals surface area contributed by atoms with Crippen LogP contribution in [0.25, 0.3) is 0 Å². The molecule has 2 aromatic rings. The van der Waals surface area contributed by atoms with Crippen molar-refractivity contribution in [1.29, 1.82) is 5.26 Å². The fourth-order valence-corrected chi connectivity index (χ4v) is 5.42. The first kappa shape index (κ1) is 18.8. The van der Waals surface area contributed by atoms with Crippen LogP contribution in [0.2, 0.25) is 0 Å². The van der Waals surface area contributed by atoms with Crippen molar-refractivity contribution >= 4 is 38.7 Å². The number of hydrogen-bond donors (Lipinski definition) is 1. The smallest absolute Gasteiger partial charge is 0.161 e. The van der Waals surface area contributed by atoms with E-state index >= 15 is 0 Å². The Balaban J connectivity index is 1.92. The summed E-state index contributed by atoms with van der Waals surface area (Å²) >= 11 is 5.02. The van der Waals surface area contributed by atoms with Gasteiger partial charge in [0.05, 0.1) is 28.5 Å². The lowest BCUT2D eigenvalue weighted by molar-refractivity contribution is -0.116. The monoisotopic (exact) mass is 455 g/mol. The van der Waals surface area contributed by atoms with E-state index in [2.05, 4.69) is 22.0 Å². The van der Waals surface area contributed by atoms with E-state index in [4.69, 9.17) is 10.5 Å². The number of carbonyl (C=O) groups is 1. The molecule has 2 aliphatic rings. The summed E-state index contributed by atoms with van der Waals surface area (Å²) in [5.41, 5.74) is 9.35. The average molecular weight is 456 g/mol. The summed E-state index contributed by atoms with van der Waals surface area (Å²) in [6, 6.07) is 13.7. The molecular weight excluding hydrogens is 438 g/mol. The van der Waals surface area contributed by atoms with Crippen molar-refractivity contribution in [3.63, 3.8) is 0 Å². The lowest BCUT2D eigenvalue weighted by atomic mass is 9.78. The van der Waals surface area contributed by atoms with Crippen LogP contribution in [0.5, 0.6) is 5.75 Å². The molecule has 5 nitrogen and oxygen atoms in total. The van der Waals surface area contributed by atoms with Crippen molar-refractivity contribution < 1.29 is 9.53 Å². The predicted octanol–water partition coefficient (Wildman–Crippen LogP) is 4.82. The summed E-state index contributed by atoms with van der Waals surface area (Å²) in [6.45, 7) is 0. The normalized spacial score (nSPS) is 19.5. The molecule has 7 heteroatoms. The number of halogens is 1. The topological polar surface area (TPSA) is 79.3 Å². The molecule has 1 atom stereocenters. The van der Waals surface area contributed by atoms with Crippen LogP contribution in [0.4, 0.5) is 5.69 Å². The number of hydrogen-bond acceptors (Lipinski definition) is 6. The Hall–Kier alpha value is -2.56. The van der Waals surface area contributed by atoms with Gasteiger partial charge in [-0.25, -0.2) is 0 Å². The zero-order chi connectivity index (χ0) is 19.8. The molecule has 0 amide bonds. The Bertz CT molecular complexity index is 1050. The van der Waals surface area contributed by atoms with Crippen LogP contribution in [0.15, 0.2) is 62.8 Å². The highest BCUT2D eigenvalue weighted by Gasteiger charge is 2.40. The van der Waals surface area contributed by atoms with Gasteiger partial charge in [0.2, 0.25) is 0 Å². The third-order valence-electron chi connectivity index (χ3n) is 5.12. The van der Waals surface area contributed by atoms with E-state index < -0.39 is 5.92 Å². The van der Waals surface area contributed by atoms with Crippen LogP contribution in [0, 0.1) is 11.3 Å². The number of nitrogens with zero attached hydrogens (tertiary/aromatic N) is 2. The molecule has 0 spiro atoms. The minimum atomic E-state index is -0.404. The second-order valence-electron chi connectivity index (χ2n) is 6.66. The number of benzene rings is 1. The van der Waals surface area contributed by atoms with Gasteiger partial charge in [-0.1, -0.05) is 0 Å². The fourth-order valence-electron chi connectivity index (χ4n) is 3.88. The Morgan fingerprint density at radius 2 is 2.00 bits per heavy atom. The molecule has 2 heterocycles. The van der Waals surface area contributed by atoms with E-state index in [0.29, 0.717) is 23.4 Å². The molecule has 142 valence electrons. The van der Waals surface area contributed by atoms with Gasteiger partial charge in [-0.3, -0.25) is 9.69 Å². The van der Waals surface area contributed by atoms with Crippen LogP contribution in [-0.4, -0.2) is 12.9 Å². The van der Waals surface area contributed by atoms with Crippen LogP contribution in [-0.2, 0) is 4.79 Å². The second-order valence-corrected chi connectivity index (χ2v) is 9.15. The van der Waals surface area contributed by atoms with E-state index in [9.17, 15) is 10.1 Å². The Kier molecular flexibility index (Phi) is 5.00. The van der Waals surface area contributed by atoms with Gasteiger partial charge in [0.15, 0.2) is 5.78 Å². The molecule has 0 radical (unpaired) electrons. The third-order valence-corrected chi connectivity index (χ3v) is 6.81. The summed E-state index contributed by atoms with van der Waals surface area (Å²) in [7, 11) is 1.61. The highest BCUT2D eigenvalue weighted by atomic mass is 79.9. The summed E-state index contributed by atoms with van der Waals surface area (Å²) in [5, 5.41) is 9.95. The van der Waals surface area contributed by atoms with Gasteiger partial charge in [-0.15, -0.1) is 11.3 Å². The Labute approximate surface area is 175 Å². The van der Waals surface area contributed by atoms with Crippen LogP contribution in [0.1, 0.15) is 30.1 Å². The molecule has 0 fully saturated rings. The summed E-state index contributed by atoms with van der Waals surface area (Å²) in [6.07, 6.45) is 2.02. The molecule has 1 aromatic carbocycles. The summed E-state index contributed by atoms with van der Waals surface area (Å²) in [5.74, 6) is 0.808. The van der Waals surface area contributed by atoms with Gasteiger partial charge < -0.3 is 10.5 Å². The number of allylic oxidation sites excluding steroid dienone is 3. The molecule has 0 bridgehead atoms. The van der Waals surface area contributed by atoms with E-state index in [1.54, 1.807) is 7.11 Å². The molecular formula is C21H18BrN3O2S. The molecule has 1 aliphatic heterocycles. The van der Waals surface area contributed by atoms with E-state index in [-0.39, 0.29) is 5.78 Å². The highest BCUT2D eigenvalue weighted by Crippen LogP contribution is 2.48. The molecule has 4 rings (SSSR count). The Morgan fingerprint density at radius 3 is 2.61 bits per heavy atom. The maximum absolute atomic E-state index is 13.0. The Morgan fingerprint density at radius 1 is 1.25 bits per heavy atom. The SMILES string of the molecule is COc1ccc(N2C(N)=C(C#N)C(c3ccc(Br)s3)C3=C2CCCC3=O)cc1. The van der Waals surface area contributed by atoms with Crippen molar-refractivity contribution in [3.8, 4) is 11.8 Å². The minimum Gasteiger partial charge on any atom is -0.497 e. The molecule has 1 aliphatic carbocycles. The molecule has 0 saturated carbocycles. The predicted molar refractivity (Wildman–Crippen MR) is 113 cm³/mol. The molecule has 1 unspecified atom stereocenters. The number of ketones is 1. The van der Waals surface area contributed by atoms with Crippen molar-refractivity contribution in [2.24, 2.45) is 5.73 Å². The average Bonchev–Trinajstić information content (AvgIpc) is 3.13. The van der Waals surface area contributed by atoms with Crippen LogP contribution >= 0.6 is 27.3 Å². The van der Waals surface area contributed by atoms with Crippen LogP contribution < -0.4 is 15.4 Å². The quantitative estimate of drug-likeness (QED) is 0.716. The van der Waals surface area contributed by atoms with Crippen LogP contribution in [0.3, 0.4) is 0 Å². The van der Waals surface area contributed by atoms with Crippen molar-refractivity contribution in [1.82, 2.24) is 0 Å². The number of rotatable bonds is 3. The van der Waals surface area contributed by atoms with Gasteiger partial charge in [-0.2, -0.15) is 5.26 Å². The summed E-state index contributed by atoms with van der Waals surface area (Å²) < 4.78 is 6.20. The first-order valence-electron chi connectivity index (χ1n) is 8.90. The van der Waals surface area contributed by atoms with E-state index in [1.807, 2.05) is 41.3 Å². The summed E-state index contributed by atoms with van der Waals surface area (Å²) in [4.78, 5) is 15.8. The molecule has 0 saturated heterocycles. The number of carbonyl (C=O) groups excluding carboxylic acids is 1. The second kappa shape index (κ2) is 7.46.